The molecule has 4 nitrogen and oxygen atoms in total. The van der Waals surface area contributed by atoms with Crippen molar-refractivity contribution in [3.8, 4) is 11.5 Å². The van der Waals surface area contributed by atoms with E-state index in [1.54, 1.807) is 18.5 Å². The summed E-state index contributed by atoms with van der Waals surface area (Å²) in [6, 6.07) is 3.46. The maximum atomic E-state index is 4.01. The molecule has 2 heterocycles. The molecule has 0 bridgehead atoms. The molecule has 2 aromatic rings. The van der Waals surface area contributed by atoms with E-state index in [0.717, 1.165) is 5.69 Å². The van der Waals surface area contributed by atoms with Gasteiger partial charge in [-0.25, -0.2) is 9.97 Å². The summed E-state index contributed by atoms with van der Waals surface area (Å²) in [5.74, 6) is 0.616. The summed E-state index contributed by atoms with van der Waals surface area (Å²) in [7, 11) is 0. The first-order valence-electron chi connectivity index (χ1n) is 3.15. The highest BCUT2D eigenvalue weighted by atomic mass is 15.1. The first-order valence-corrected chi connectivity index (χ1v) is 3.15. The Labute approximate surface area is 63.3 Å². The lowest BCUT2D eigenvalue weighted by Crippen LogP contribution is -1.86. The Kier molecular flexibility index (Phi) is 1.37. The van der Waals surface area contributed by atoms with E-state index in [4.69, 9.17) is 0 Å². The van der Waals surface area contributed by atoms with Gasteiger partial charge in [0.15, 0.2) is 5.82 Å². The SMILES string of the molecule is [c]1ccnc(-c2ccn[nH]2)n1. The van der Waals surface area contributed by atoms with Crippen molar-refractivity contribution in [2.75, 3.05) is 0 Å². The topological polar surface area (TPSA) is 54.5 Å². The van der Waals surface area contributed by atoms with Gasteiger partial charge in [-0.05, 0) is 12.1 Å². The second-order valence-corrected chi connectivity index (χ2v) is 1.98. The number of aromatic nitrogens is 4. The molecule has 0 amide bonds. The molecule has 11 heavy (non-hydrogen) atoms. The molecule has 0 unspecified atom stereocenters. The predicted molar refractivity (Wildman–Crippen MR) is 38.4 cm³/mol. The second kappa shape index (κ2) is 2.49. The zero-order chi connectivity index (χ0) is 7.52. The number of rotatable bonds is 1. The fraction of sp³-hybridized carbons (Fsp3) is 0. The molecule has 0 saturated heterocycles. The molecule has 0 atom stereocenters. The van der Waals surface area contributed by atoms with Crippen molar-refractivity contribution in [2.45, 2.75) is 0 Å². The van der Waals surface area contributed by atoms with Crippen LogP contribution in [0.15, 0.2) is 24.5 Å². The highest BCUT2D eigenvalue weighted by molar-refractivity contribution is 5.46. The third-order valence-electron chi connectivity index (χ3n) is 1.26. The lowest BCUT2D eigenvalue weighted by Gasteiger charge is -1.90. The van der Waals surface area contributed by atoms with E-state index in [0.29, 0.717) is 5.82 Å². The van der Waals surface area contributed by atoms with E-state index < -0.39 is 0 Å². The number of H-pyrrole nitrogens is 1. The summed E-state index contributed by atoms with van der Waals surface area (Å²) in [6.07, 6.45) is 5.99. The van der Waals surface area contributed by atoms with Crippen molar-refractivity contribution in [1.82, 2.24) is 20.2 Å². The fourth-order valence-corrected chi connectivity index (χ4v) is 0.779. The number of nitrogens with one attached hydrogen (secondary N) is 1. The van der Waals surface area contributed by atoms with Crippen LogP contribution in [0.25, 0.3) is 11.5 Å². The molecule has 0 aromatic carbocycles. The Balaban J connectivity index is 2.46. The van der Waals surface area contributed by atoms with Gasteiger partial charge in [0.2, 0.25) is 0 Å². The Morgan fingerprint density at radius 3 is 3.00 bits per heavy atom. The van der Waals surface area contributed by atoms with E-state index in [1.807, 2.05) is 6.07 Å². The predicted octanol–water partition coefficient (Wildman–Crippen LogP) is 0.667. The molecular formula is C7H5N4. The molecule has 1 radical (unpaired) electrons. The van der Waals surface area contributed by atoms with Crippen molar-refractivity contribution in [1.29, 1.82) is 0 Å². The minimum absolute atomic E-state index is 0.616. The van der Waals surface area contributed by atoms with Gasteiger partial charge in [0.05, 0.1) is 6.20 Å². The largest absolute Gasteiger partial charge is 0.275 e. The Morgan fingerprint density at radius 1 is 1.36 bits per heavy atom. The van der Waals surface area contributed by atoms with Crippen molar-refractivity contribution in [3.05, 3.63) is 30.7 Å². The van der Waals surface area contributed by atoms with E-state index in [2.05, 4.69) is 26.4 Å². The fourth-order valence-electron chi connectivity index (χ4n) is 0.779. The van der Waals surface area contributed by atoms with Crippen molar-refractivity contribution in [3.63, 3.8) is 0 Å². The molecule has 4 heteroatoms. The molecule has 1 N–H and O–H groups in total. The molecule has 0 aliphatic carbocycles. The maximum Gasteiger partial charge on any atom is 0.178 e. The zero-order valence-electron chi connectivity index (χ0n) is 5.65. The van der Waals surface area contributed by atoms with Crippen molar-refractivity contribution >= 4 is 0 Å². The van der Waals surface area contributed by atoms with Crippen LogP contribution in [-0.4, -0.2) is 20.2 Å². The van der Waals surface area contributed by atoms with E-state index in [-0.39, 0.29) is 0 Å². The lowest BCUT2D eigenvalue weighted by molar-refractivity contribution is 1.06. The Morgan fingerprint density at radius 2 is 2.36 bits per heavy atom. The minimum Gasteiger partial charge on any atom is -0.275 e. The number of nitrogens with zero attached hydrogens (tertiary/aromatic N) is 3. The van der Waals surface area contributed by atoms with Crippen molar-refractivity contribution in [2.24, 2.45) is 0 Å². The first-order chi connectivity index (χ1) is 5.47. The van der Waals surface area contributed by atoms with Crippen LogP contribution in [0.5, 0.6) is 0 Å². The molecule has 0 spiro atoms. The average Bonchev–Trinajstić information content (AvgIpc) is 2.58. The number of aromatic amines is 1. The van der Waals surface area contributed by atoms with Gasteiger partial charge in [-0.2, -0.15) is 5.10 Å². The third-order valence-corrected chi connectivity index (χ3v) is 1.26. The van der Waals surface area contributed by atoms with Crippen LogP contribution in [-0.2, 0) is 0 Å². The number of hydrogen-bond acceptors (Lipinski definition) is 3. The van der Waals surface area contributed by atoms with Gasteiger partial charge in [-0.3, -0.25) is 5.10 Å². The van der Waals surface area contributed by atoms with Gasteiger partial charge >= 0.3 is 0 Å². The van der Waals surface area contributed by atoms with Gasteiger partial charge < -0.3 is 0 Å². The van der Waals surface area contributed by atoms with Crippen LogP contribution in [0.1, 0.15) is 0 Å². The third kappa shape index (κ3) is 1.10. The molecule has 0 aliphatic rings. The second-order valence-electron chi connectivity index (χ2n) is 1.98. The van der Waals surface area contributed by atoms with Crippen LogP contribution >= 0.6 is 0 Å². The van der Waals surface area contributed by atoms with Crippen LogP contribution < -0.4 is 0 Å². The molecule has 0 saturated carbocycles. The van der Waals surface area contributed by atoms with Gasteiger partial charge in [0.1, 0.15) is 5.69 Å². The van der Waals surface area contributed by atoms with Crippen LogP contribution in [0.3, 0.4) is 0 Å². The van der Waals surface area contributed by atoms with E-state index in [9.17, 15) is 0 Å². The lowest BCUT2D eigenvalue weighted by atomic mass is 10.4. The average molecular weight is 145 g/mol. The summed E-state index contributed by atoms with van der Waals surface area (Å²) in [4.78, 5) is 7.92. The Bertz CT molecular complexity index is 313. The monoisotopic (exact) mass is 145 g/mol. The van der Waals surface area contributed by atoms with Gasteiger partial charge in [-0.1, -0.05) is 0 Å². The summed E-state index contributed by atoms with van der Waals surface area (Å²) in [6.45, 7) is 0. The molecular weight excluding hydrogens is 140 g/mol. The normalized spacial score (nSPS) is 9.82. The summed E-state index contributed by atoms with van der Waals surface area (Å²) in [5.41, 5.74) is 0.807. The number of hydrogen-bond donors (Lipinski definition) is 1. The smallest absolute Gasteiger partial charge is 0.178 e. The van der Waals surface area contributed by atoms with Gasteiger partial charge in [0.25, 0.3) is 0 Å². The van der Waals surface area contributed by atoms with Crippen LogP contribution in [0.2, 0.25) is 0 Å². The standard InChI is InChI=1S/C7H5N4/c1-3-8-7(9-4-1)6-2-5-10-11-6/h1-3,5H,(H,10,11). The Hall–Kier alpha value is -1.71. The maximum absolute atomic E-state index is 4.01. The van der Waals surface area contributed by atoms with Crippen LogP contribution in [0.4, 0.5) is 0 Å². The highest BCUT2D eigenvalue weighted by Gasteiger charge is 1.98. The zero-order valence-corrected chi connectivity index (χ0v) is 5.65. The molecule has 2 aromatic heterocycles. The summed E-state index contributed by atoms with van der Waals surface area (Å²) in [5, 5.41) is 6.54. The molecule has 0 aliphatic heterocycles. The summed E-state index contributed by atoms with van der Waals surface area (Å²) < 4.78 is 0. The molecule has 53 valence electrons. The first kappa shape index (κ1) is 6.03. The van der Waals surface area contributed by atoms with Gasteiger partial charge in [-0.15, -0.1) is 0 Å². The quantitative estimate of drug-likeness (QED) is 0.641. The van der Waals surface area contributed by atoms with Crippen molar-refractivity contribution < 1.29 is 0 Å². The molecule has 0 fully saturated rings. The molecule has 2 rings (SSSR count). The highest BCUT2D eigenvalue weighted by Crippen LogP contribution is 2.06. The summed E-state index contributed by atoms with van der Waals surface area (Å²) >= 11 is 0. The van der Waals surface area contributed by atoms with Gasteiger partial charge in [0, 0.05) is 12.4 Å². The van der Waals surface area contributed by atoms with E-state index in [1.165, 1.54) is 0 Å². The van der Waals surface area contributed by atoms with Crippen LogP contribution in [0, 0.1) is 6.20 Å². The minimum atomic E-state index is 0.616. The van der Waals surface area contributed by atoms with E-state index >= 15 is 0 Å².